The summed E-state index contributed by atoms with van der Waals surface area (Å²) in [4.78, 5) is 13.2. The number of rotatable bonds is 5. The zero-order chi connectivity index (χ0) is 12.9. The number of carbonyl (C=O) groups is 1. The molecule has 94 valence electrons. The van der Waals surface area contributed by atoms with Crippen LogP contribution in [0.4, 0.5) is 5.69 Å². The number of carbonyl (C=O) groups excluding carboxylic acids is 1. The number of thioether (sulfide) groups is 1. The van der Waals surface area contributed by atoms with Crippen LogP contribution in [0.5, 0.6) is 0 Å². The molecule has 3 nitrogen and oxygen atoms in total. The fraction of sp³-hybridized carbons (Fsp3) is 0.462. The average Bonchev–Trinajstić information content (AvgIpc) is 2.38. The Morgan fingerprint density at radius 2 is 1.82 bits per heavy atom. The third kappa shape index (κ3) is 3.48. The van der Waals surface area contributed by atoms with E-state index in [1.807, 2.05) is 44.4 Å². The van der Waals surface area contributed by atoms with Gasteiger partial charge in [-0.3, -0.25) is 4.79 Å². The van der Waals surface area contributed by atoms with Crippen molar-refractivity contribution in [3.63, 3.8) is 0 Å². The van der Waals surface area contributed by atoms with Gasteiger partial charge in [0.2, 0.25) is 5.91 Å². The van der Waals surface area contributed by atoms with E-state index in [-0.39, 0.29) is 5.91 Å². The second kappa shape index (κ2) is 6.07. The Kier molecular flexibility index (Phi) is 5.02. The molecule has 1 aromatic carbocycles. The summed E-state index contributed by atoms with van der Waals surface area (Å²) in [7, 11) is 0. The third-order valence-electron chi connectivity index (χ3n) is 3.06. The Balaban J connectivity index is 2.73. The summed E-state index contributed by atoms with van der Waals surface area (Å²) in [6.45, 7) is 3.86. The zero-order valence-electron chi connectivity index (χ0n) is 10.6. The summed E-state index contributed by atoms with van der Waals surface area (Å²) in [6.07, 6.45) is 3.29. The summed E-state index contributed by atoms with van der Waals surface area (Å²) in [5.41, 5.74) is 6.06. The first-order valence-corrected chi connectivity index (χ1v) is 7.02. The number of anilines is 1. The molecule has 0 unspecified atom stereocenters. The van der Waals surface area contributed by atoms with Gasteiger partial charge in [0.15, 0.2) is 0 Å². The van der Waals surface area contributed by atoms with Crippen molar-refractivity contribution in [1.29, 1.82) is 0 Å². The number of nitrogens with two attached hydrogens (primary N) is 1. The van der Waals surface area contributed by atoms with E-state index >= 15 is 0 Å². The fourth-order valence-corrected chi connectivity index (χ4v) is 1.91. The molecule has 1 aromatic rings. The standard InChI is InChI=1S/C13H20N2OS/c1-4-13(14,5-2)12(16)15-10-6-8-11(17-3)9-7-10/h6-9H,4-5,14H2,1-3H3,(H,15,16). The SMILES string of the molecule is CCC(N)(CC)C(=O)Nc1ccc(SC)cc1. The Morgan fingerprint density at radius 1 is 1.29 bits per heavy atom. The first kappa shape index (κ1) is 14.1. The normalized spacial score (nSPS) is 11.3. The van der Waals surface area contributed by atoms with Crippen molar-refractivity contribution in [1.82, 2.24) is 0 Å². The van der Waals surface area contributed by atoms with Gasteiger partial charge in [0.05, 0.1) is 5.54 Å². The highest BCUT2D eigenvalue weighted by Crippen LogP contribution is 2.19. The molecule has 0 saturated heterocycles. The Hall–Kier alpha value is -1.00. The monoisotopic (exact) mass is 252 g/mol. The molecule has 0 aliphatic heterocycles. The van der Waals surface area contributed by atoms with Gasteiger partial charge in [0.25, 0.3) is 0 Å². The van der Waals surface area contributed by atoms with Crippen molar-refractivity contribution in [3.8, 4) is 0 Å². The first-order valence-electron chi connectivity index (χ1n) is 5.80. The zero-order valence-corrected chi connectivity index (χ0v) is 11.4. The molecule has 0 aromatic heterocycles. The van der Waals surface area contributed by atoms with Gasteiger partial charge in [-0.1, -0.05) is 13.8 Å². The molecule has 1 amide bonds. The van der Waals surface area contributed by atoms with Crippen LogP contribution in [0.15, 0.2) is 29.2 Å². The summed E-state index contributed by atoms with van der Waals surface area (Å²) in [5.74, 6) is -0.112. The van der Waals surface area contributed by atoms with Gasteiger partial charge in [-0.15, -0.1) is 11.8 Å². The van der Waals surface area contributed by atoms with E-state index < -0.39 is 5.54 Å². The van der Waals surface area contributed by atoms with Crippen LogP contribution in [-0.4, -0.2) is 17.7 Å². The lowest BCUT2D eigenvalue weighted by molar-refractivity contribution is -0.121. The van der Waals surface area contributed by atoms with Crippen LogP contribution in [-0.2, 0) is 4.79 Å². The van der Waals surface area contributed by atoms with Crippen molar-refractivity contribution >= 4 is 23.4 Å². The summed E-state index contributed by atoms with van der Waals surface area (Å²) in [6, 6.07) is 7.76. The van der Waals surface area contributed by atoms with Gasteiger partial charge in [0, 0.05) is 10.6 Å². The van der Waals surface area contributed by atoms with E-state index in [9.17, 15) is 4.79 Å². The van der Waals surface area contributed by atoms with E-state index in [2.05, 4.69) is 5.32 Å². The number of hydrogen-bond donors (Lipinski definition) is 2. The Morgan fingerprint density at radius 3 is 2.24 bits per heavy atom. The molecule has 1 rings (SSSR count). The first-order chi connectivity index (χ1) is 8.05. The lowest BCUT2D eigenvalue weighted by atomic mass is 9.93. The highest BCUT2D eigenvalue weighted by atomic mass is 32.2. The van der Waals surface area contributed by atoms with Crippen molar-refractivity contribution in [3.05, 3.63) is 24.3 Å². The summed E-state index contributed by atoms with van der Waals surface area (Å²) >= 11 is 1.67. The molecule has 4 heteroatoms. The van der Waals surface area contributed by atoms with Gasteiger partial charge in [-0.05, 0) is 43.4 Å². The predicted octanol–water partition coefficient (Wildman–Crippen LogP) is 2.86. The van der Waals surface area contributed by atoms with Crippen molar-refractivity contribution in [2.45, 2.75) is 37.1 Å². The molecule has 0 aliphatic carbocycles. The Labute approximate surface area is 107 Å². The molecule has 0 spiro atoms. The van der Waals surface area contributed by atoms with Crippen molar-refractivity contribution < 1.29 is 4.79 Å². The lowest BCUT2D eigenvalue weighted by Crippen LogP contribution is -2.50. The van der Waals surface area contributed by atoms with Crippen molar-refractivity contribution in [2.75, 3.05) is 11.6 Å². The highest BCUT2D eigenvalue weighted by molar-refractivity contribution is 7.98. The number of benzene rings is 1. The second-order valence-electron chi connectivity index (χ2n) is 4.05. The van der Waals surface area contributed by atoms with Crippen LogP contribution in [0, 0.1) is 0 Å². The van der Waals surface area contributed by atoms with Gasteiger partial charge in [-0.25, -0.2) is 0 Å². The summed E-state index contributed by atoms with van der Waals surface area (Å²) in [5, 5.41) is 2.86. The molecular weight excluding hydrogens is 232 g/mol. The largest absolute Gasteiger partial charge is 0.324 e. The van der Waals surface area contributed by atoms with Gasteiger partial charge >= 0.3 is 0 Å². The molecule has 0 heterocycles. The van der Waals surface area contributed by atoms with Crippen LogP contribution in [0.25, 0.3) is 0 Å². The molecule has 0 bridgehead atoms. The maximum absolute atomic E-state index is 12.0. The molecule has 0 atom stereocenters. The smallest absolute Gasteiger partial charge is 0.244 e. The minimum absolute atomic E-state index is 0.112. The predicted molar refractivity (Wildman–Crippen MR) is 74.4 cm³/mol. The van der Waals surface area contributed by atoms with E-state index in [4.69, 9.17) is 5.73 Å². The quantitative estimate of drug-likeness (QED) is 0.792. The van der Waals surface area contributed by atoms with Gasteiger partial charge in [0.1, 0.15) is 0 Å². The number of amides is 1. The lowest BCUT2D eigenvalue weighted by Gasteiger charge is -2.25. The number of nitrogens with one attached hydrogen (secondary N) is 1. The van der Waals surface area contributed by atoms with Crippen LogP contribution < -0.4 is 11.1 Å². The molecule has 0 aliphatic rings. The molecule has 0 saturated carbocycles. The van der Waals surface area contributed by atoms with Crippen LogP contribution in [0.1, 0.15) is 26.7 Å². The number of hydrogen-bond acceptors (Lipinski definition) is 3. The molecule has 17 heavy (non-hydrogen) atoms. The van der Waals surface area contributed by atoms with E-state index in [1.165, 1.54) is 4.90 Å². The van der Waals surface area contributed by atoms with Gasteiger partial charge < -0.3 is 11.1 Å². The topological polar surface area (TPSA) is 55.1 Å². The van der Waals surface area contributed by atoms with E-state index in [1.54, 1.807) is 11.8 Å². The fourth-order valence-electron chi connectivity index (χ4n) is 1.50. The molecule has 0 fully saturated rings. The van der Waals surface area contributed by atoms with Crippen molar-refractivity contribution in [2.24, 2.45) is 5.73 Å². The van der Waals surface area contributed by atoms with Gasteiger partial charge in [-0.2, -0.15) is 0 Å². The average molecular weight is 252 g/mol. The highest BCUT2D eigenvalue weighted by Gasteiger charge is 2.29. The maximum Gasteiger partial charge on any atom is 0.244 e. The Bertz CT molecular complexity index is 372. The third-order valence-corrected chi connectivity index (χ3v) is 3.81. The van der Waals surface area contributed by atoms with Crippen LogP contribution >= 0.6 is 11.8 Å². The molecule has 0 radical (unpaired) electrons. The molecular formula is C13H20N2OS. The minimum Gasteiger partial charge on any atom is -0.324 e. The summed E-state index contributed by atoms with van der Waals surface area (Å²) < 4.78 is 0. The maximum atomic E-state index is 12.0. The van der Waals surface area contributed by atoms with E-state index in [0.717, 1.165) is 5.69 Å². The minimum atomic E-state index is -0.766. The van der Waals surface area contributed by atoms with E-state index in [0.29, 0.717) is 12.8 Å². The van der Waals surface area contributed by atoms with Crippen LogP contribution in [0.3, 0.4) is 0 Å². The second-order valence-corrected chi connectivity index (χ2v) is 4.93. The molecule has 3 N–H and O–H groups in total. The van der Waals surface area contributed by atoms with Crippen LogP contribution in [0.2, 0.25) is 0 Å².